The van der Waals surface area contributed by atoms with Crippen LogP contribution in [0.15, 0.2) is 52.1 Å². The van der Waals surface area contributed by atoms with Crippen molar-refractivity contribution in [2.75, 3.05) is 53.6 Å². The van der Waals surface area contributed by atoms with Gasteiger partial charge in [0.1, 0.15) is 23.7 Å². The molecule has 0 saturated carbocycles. The molecule has 0 saturated heterocycles. The number of likely N-dealkylation sites (N-methyl/N-ethyl adjacent to an activating group) is 1. The van der Waals surface area contributed by atoms with Gasteiger partial charge in [0.15, 0.2) is 5.96 Å². The smallest absolute Gasteiger partial charge is 0.191 e. The molecule has 1 heterocycles. The van der Waals surface area contributed by atoms with E-state index >= 15 is 0 Å². The van der Waals surface area contributed by atoms with E-state index in [1.165, 1.54) is 0 Å². The topological polar surface area (TPSA) is 91.5 Å². The van der Waals surface area contributed by atoms with Crippen molar-refractivity contribution in [1.82, 2.24) is 15.5 Å². The molecular weight excluding hydrogens is 523 g/mol. The largest absolute Gasteiger partial charge is 0.492 e. The zero-order valence-electron chi connectivity index (χ0n) is 19.5. The highest BCUT2D eigenvalue weighted by atomic mass is 127. The number of furan rings is 1. The van der Waals surface area contributed by atoms with E-state index in [1.54, 1.807) is 32.4 Å². The zero-order valence-corrected chi connectivity index (χ0v) is 21.8. The van der Waals surface area contributed by atoms with E-state index in [1.807, 2.05) is 38.2 Å². The van der Waals surface area contributed by atoms with Gasteiger partial charge in [-0.25, -0.2) is 4.99 Å². The van der Waals surface area contributed by atoms with Gasteiger partial charge in [0.2, 0.25) is 0 Å². The van der Waals surface area contributed by atoms with Crippen LogP contribution in [-0.4, -0.2) is 69.5 Å². The predicted octanol–water partition coefficient (Wildman–Crippen LogP) is 2.82. The molecule has 1 unspecified atom stereocenters. The van der Waals surface area contributed by atoms with Gasteiger partial charge in [-0.15, -0.1) is 24.0 Å². The highest BCUT2D eigenvalue weighted by Gasteiger charge is 2.26. The number of benzene rings is 1. The number of aliphatic imine (C=N–C) groups is 1. The highest BCUT2D eigenvalue weighted by Crippen LogP contribution is 2.19. The van der Waals surface area contributed by atoms with Crippen molar-refractivity contribution in [3.05, 3.63) is 54.0 Å². The van der Waals surface area contributed by atoms with Crippen LogP contribution in [0, 0.1) is 0 Å². The maximum absolute atomic E-state index is 10.6. The maximum Gasteiger partial charge on any atom is 0.191 e. The van der Waals surface area contributed by atoms with Gasteiger partial charge in [0.05, 0.1) is 26.0 Å². The summed E-state index contributed by atoms with van der Waals surface area (Å²) < 4.78 is 16.3. The van der Waals surface area contributed by atoms with Crippen LogP contribution in [0.25, 0.3) is 0 Å². The molecule has 8 nitrogen and oxygen atoms in total. The van der Waals surface area contributed by atoms with Crippen molar-refractivity contribution in [2.45, 2.75) is 26.0 Å². The van der Waals surface area contributed by atoms with Gasteiger partial charge in [-0.05, 0) is 50.7 Å². The zero-order chi connectivity index (χ0) is 22.5. The molecule has 32 heavy (non-hydrogen) atoms. The summed E-state index contributed by atoms with van der Waals surface area (Å²) in [6.45, 7) is 8.21. The Bertz CT molecular complexity index is 784. The van der Waals surface area contributed by atoms with E-state index in [9.17, 15) is 5.11 Å². The minimum absolute atomic E-state index is 0. The van der Waals surface area contributed by atoms with Crippen molar-refractivity contribution in [3.8, 4) is 5.75 Å². The Labute approximate surface area is 208 Å². The SMILES string of the molecule is CCNC(=NCc1cccc(OCCN(C)CCOC)c1)NCC(C)(O)c1ccco1.I. The quantitative estimate of drug-likeness (QED) is 0.197. The van der Waals surface area contributed by atoms with Crippen molar-refractivity contribution in [1.29, 1.82) is 0 Å². The molecule has 1 aromatic heterocycles. The second-order valence-electron chi connectivity index (χ2n) is 7.59. The predicted molar refractivity (Wildman–Crippen MR) is 138 cm³/mol. The van der Waals surface area contributed by atoms with E-state index in [0.29, 0.717) is 38.0 Å². The third kappa shape index (κ3) is 10.2. The summed E-state index contributed by atoms with van der Waals surface area (Å²) in [6, 6.07) is 11.5. The fourth-order valence-corrected chi connectivity index (χ4v) is 2.85. The molecule has 2 aromatic rings. The number of halogens is 1. The molecule has 0 aliphatic heterocycles. The highest BCUT2D eigenvalue weighted by molar-refractivity contribution is 14.0. The van der Waals surface area contributed by atoms with Gasteiger partial charge in [-0.2, -0.15) is 0 Å². The van der Waals surface area contributed by atoms with Gasteiger partial charge >= 0.3 is 0 Å². The van der Waals surface area contributed by atoms with Crippen molar-refractivity contribution < 1.29 is 19.0 Å². The first-order chi connectivity index (χ1) is 14.9. The lowest BCUT2D eigenvalue weighted by Gasteiger charge is -2.22. The Balaban J connectivity index is 0.00000512. The number of rotatable bonds is 13. The van der Waals surface area contributed by atoms with Crippen LogP contribution >= 0.6 is 24.0 Å². The minimum atomic E-state index is -1.14. The van der Waals surface area contributed by atoms with E-state index in [2.05, 4.69) is 20.5 Å². The lowest BCUT2D eigenvalue weighted by Crippen LogP contribution is -2.44. The monoisotopic (exact) mass is 560 g/mol. The third-order valence-corrected chi connectivity index (χ3v) is 4.73. The normalized spacial score (nSPS) is 13.4. The van der Waals surface area contributed by atoms with E-state index < -0.39 is 5.60 Å². The first kappa shape index (κ1) is 28.2. The van der Waals surface area contributed by atoms with Crippen LogP contribution < -0.4 is 15.4 Å². The van der Waals surface area contributed by atoms with Gasteiger partial charge in [0.25, 0.3) is 0 Å². The van der Waals surface area contributed by atoms with Gasteiger partial charge in [-0.3, -0.25) is 0 Å². The molecule has 0 aliphatic carbocycles. The fraction of sp³-hybridized carbons (Fsp3) is 0.522. The second-order valence-corrected chi connectivity index (χ2v) is 7.59. The molecule has 0 aliphatic rings. The van der Waals surface area contributed by atoms with Crippen molar-refractivity contribution in [2.24, 2.45) is 4.99 Å². The Hall–Kier alpha value is -1.82. The van der Waals surface area contributed by atoms with E-state index in [4.69, 9.17) is 13.9 Å². The van der Waals surface area contributed by atoms with Crippen molar-refractivity contribution in [3.63, 3.8) is 0 Å². The number of nitrogens with one attached hydrogen (secondary N) is 2. The number of ether oxygens (including phenoxy) is 2. The third-order valence-electron chi connectivity index (χ3n) is 4.73. The first-order valence-electron chi connectivity index (χ1n) is 10.6. The maximum atomic E-state index is 10.6. The Morgan fingerprint density at radius 1 is 1.19 bits per heavy atom. The molecule has 0 fully saturated rings. The van der Waals surface area contributed by atoms with Crippen LogP contribution in [-0.2, 0) is 16.9 Å². The molecule has 0 spiro atoms. The summed E-state index contributed by atoms with van der Waals surface area (Å²) in [7, 11) is 3.75. The molecule has 2 rings (SSSR count). The Morgan fingerprint density at radius 3 is 2.66 bits per heavy atom. The summed E-state index contributed by atoms with van der Waals surface area (Å²) in [5.41, 5.74) is -0.0932. The summed E-state index contributed by atoms with van der Waals surface area (Å²) in [5.74, 6) is 1.96. The molecule has 0 radical (unpaired) electrons. The number of methoxy groups -OCH3 is 1. The number of aliphatic hydroxyl groups is 1. The van der Waals surface area contributed by atoms with Crippen LogP contribution in [0.4, 0.5) is 0 Å². The molecular formula is C23H37IN4O4. The molecule has 9 heteroatoms. The molecule has 180 valence electrons. The van der Waals surface area contributed by atoms with Crippen molar-refractivity contribution >= 4 is 29.9 Å². The molecule has 1 aromatic carbocycles. The second kappa shape index (κ2) is 15.1. The van der Waals surface area contributed by atoms with Crippen LogP contribution in [0.5, 0.6) is 5.75 Å². The standard InChI is InChI=1S/C23H36N4O4.HI/c1-5-24-22(26-18-23(2,28)21-10-7-13-31-21)25-17-19-8-6-9-20(16-19)30-15-12-27(3)11-14-29-4;/h6-10,13,16,28H,5,11-12,14-15,17-18H2,1-4H3,(H2,24,25,26);1H. The number of hydrogen-bond acceptors (Lipinski definition) is 6. The number of nitrogens with zero attached hydrogens (tertiary/aromatic N) is 2. The van der Waals surface area contributed by atoms with Gasteiger partial charge in [0, 0.05) is 26.7 Å². The molecule has 0 bridgehead atoms. The van der Waals surface area contributed by atoms with Crippen LogP contribution in [0.2, 0.25) is 0 Å². The number of guanidine groups is 1. The van der Waals surface area contributed by atoms with Crippen LogP contribution in [0.1, 0.15) is 25.2 Å². The number of hydrogen-bond donors (Lipinski definition) is 3. The lowest BCUT2D eigenvalue weighted by molar-refractivity contribution is 0.0386. The Kier molecular flexibility index (Phi) is 13.3. The molecule has 0 amide bonds. The minimum Gasteiger partial charge on any atom is -0.492 e. The molecule has 3 N–H and O–H groups in total. The van der Waals surface area contributed by atoms with E-state index in [-0.39, 0.29) is 30.5 Å². The lowest BCUT2D eigenvalue weighted by atomic mass is 10.0. The summed E-state index contributed by atoms with van der Waals surface area (Å²) in [6.07, 6.45) is 1.55. The van der Waals surface area contributed by atoms with Crippen LogP contribution in [0.3, 0.4) is 0 Å². The van der Waals surface area contributed by atoms with Gasteiger partial charge in [-0.1, -0.05) is 12.1 Å². The average Bonchev–Trinajstić information content (AvgIpc) is 3.31. The summed E-state index contributed by atoms with van der Waals surface area (Å²) in [4.78, 5) is 6.80. The Morgan fingerprint density at radius 2 is 1.97 bits per heavy atom. The summed E-state index contributed by atoms with van der Waals surface area (Å²) >= 11 is 0. The first-order valence-corrected chi connectivity index (χ1v) is 10.6. The average molecular weight is 560 g/mol. The fourth-order valence-electron chi connectivity index (χ4n) is 2.85. The van der Waals surface area contributed by atoms with E-state index in [0.717, 1.165) is 24.4 Å². The molecule has 1 atom stereocenters. The summed E-state index contributed by atoms with van der Waals surface area (Å²) in [5, 5.41) is 17.0. The van der Waals surface area contributed by atoms with Gasteiger partial charge < -0.3 is 34.5 Å².